The molecule has 180 valence electrons. The first-order valence-corrected chi connectivity index (χ1v) is 13.6. The first-order chi connectivity index (χ1) is 16.9. The summed E-state index contributed by atoms with van der Waals surface area (Å²) in [5.41, 5.74) is 3.22. The molecular formula is C25H25N5O3S2. The van der Waals surface area contributed by atoms with Crippen LogP contribution in [0.5, 0.6) is 0 Å². The van der Waals surface area contributed by atoms with Gasteiger partial charge in [-0.3, -0.25) is 15.1 Å². The van der Waals surface area contributed by atoms with Crippen LogP contribution >= 0.6 is 11.3 Å². The highest BCUT2D eigenvalue weighted by Gasteiger charge is 2.37. The number of hydrogen-bond acceptors (Lipinski definition) is 6. The number of pyridine rings is 1. The van der Waals surface area contributed by atoms with Crippen molar-refractivity contribution >= 4 is 32.4 Å². The Balaban J connectivity index is 1.31. The summed E-state index contributed by atoms with van der Waals surface area (Å²) >= 11 is 1.30. The summed E-state index contributed by atoms with van der Waals surface area (Å²) in [6, 6.07) is 14.0. The Hall–Kier alpha value is -3.34. The van der Waals surface area contributed by atoms with E-state index in [0.29, 0.717) is 36.0 Å². The summed E-state index contributed by atoms with van der Waals surface area (Å²) in [5, 5.41) is 5.15. The lowest BCUT2D eigenvalue weighted by Gasteiger charge is -2.23. The van der Waals surface area contributed by atoms with Crippen LogP contribution in [0.3, 0.4) is 0 Å². The van der Waals surface area contributed by atoms with E-state index in [0.717, 1.165) is 17.5 Å². The molecule has 1 N–H and O–H groups in total. The van der Waals surface area contributed by atoms with Crippen LogP contribution in [-0.4, -0.2) is 39.7 Å². The van der Waals surface area contributed by atoms with E-state index < -0.39 is 10.0 Å². The summed E-state index contributed by atoms with van der Waals surface area (Å²) in [6.45, 7) is 2.92. The number of benzene rings is 1. The van der Waals surface area contributed by atoms with Gasteiger partial charge in [0.05, 0.1) is 16.6 Å². The fourth-order valence-electron chi connectivity index (χ4n) is 4.27. The molecule has 0 spiro atoms. The van der Waals surface area contributed by atoms with Gasteiger partial charge in [-0.25, -0.2) is 13.4 Å². The van der Waals surface area contributed by atoms with Crippen LogP contribution in [0.25, 0.3) is 0 Å². The molecule has 35 heavy (non-hydrogen) atoms. The van der Waals surface area contributed by atoms with Crippen molar-refractivity contribution in [3.8, 4) is 0 Å². The number of thiazole rings is 1. The van der Waals surface area contributed by atoms with Crippen LogP contribution in [0.1, 0.15) is 46.2 Å². The Labute approximate surface area is 208 Å². The van der Waals surface area contributed by atoms with Crippen molar-refractivity contribution in [2.75, 3.05) is 11.9 Å². The van der Waals surface area contributed by atoms with Crippen LogP contribution in [-0.2, 0) is 16.6 Å². The average Bonchev–Trinajstić information content (AvgIpc) is 3.61. The van der Waals surface area contributed by atoms with Crippen LogP contribution in [0.2, 0.25) is 0 Å². The predicted molar refractivity (Wildman–Crippen MR) is 135 cm³/mol. The van der Waals surface area contributed by atoms with E-state index in [1.807, 2.05) is 41.3 Å². The number of anilines is 1. The summed E-state index contributed by atoms with van der Waals surface area (Å²) in [4.78, 5) is 21.9. The first kappa shape index (κ1) is 23.4. The van der Waals surface area contributed by atoms with Gasteiger partial charge in [0.2, 0.25) is 10.0 Å². The zero-order chi connectivity index (χ0) is 24.4. The number of sulfonamides is 1. The maximum absolute atomic E-state index is 13.3. The Kier molecular flexibility index (Phi) is 6.50. The Morgan fingerprint density at radius 1 is 1.14 bits per heavy atom. The van der Waals surface area contributed by atoms with Gasteiger partial charge in [0.15, 0.2) is 5.13 Å². The van der Waals surface area contributed by atoms with Gasteiger partial charge in [-0.05, 0) is 61.7 Å². The molecule has 3 aromatic heterocycles. The maximum atomic E-state index is 13.3. The number of nitrogens with one attached hydrogen (secondary N) is 1. The van der Waals surface area contributed by atoms with E-state index in [2.05, 4.69) is 15.3 Å². The standard InChI is InChI=1S/C25H25N5O3S2/c1-18-6-8-20(9-7-18)35(32,33)30-15-3-4-22(30)21-17-34-25(27-21)28-24(31)23-5-2-14-29(23)16-19-10-12-26-13-11-19/h2,5-14,17,22H,3-4,15-16H2,1H3,(H,27,28,31)/t22-/m1/s1. The lowest BCUT2D eigenvalue weighted by atomic mass is 10.2. The number of hydrogen-bond donors (Lipinski definition) is 1. The van der Waals surface area contributed by atoms with Crippen LogP contribution < -0.4 is 5.32 Å². The zero-order valence-electron chi connectivity index (χ0n) is 19.2. The fourth-order valence-corrected chi connectivity index (χ4v) is 6.69. The van der Waals surface area contributed by atoms with E-state index in [-0.39, 0.29) is 16.8 Å². The SMILES string of the molecule is Cc1ccc(S(=O)(=O)N2CCC[C@@H]2c2csc(NC(=O)c3cccn3Cc3ccncc3)n2)cc1. The molecule has 1 aromatic carbocycles. The minimum absolute atomic E-state index is 0.263. The number of aromatic nitrogens is 3. The van der Waals surface area contributed by atoms with Crippen molar-refractivity contribution in [2.24, 2.45) is 0 Å². The van der Waals surface area contributed by atoms with Gasteiger partial charge < -0.3 is 4.57 Å². The van der Waals surface area contributed by atoms with Crippen LogP contribution in [0.15, 0.2) is 77.4 Å². The smallest absolute Gasteiger partial charge is 0.274 e. The van der Waals surface area contributed by atoms with E-state index >= 15 is 0 Å². The summed E-state index contributed by atoms with van der Waals surface area (Å²) in [7, 11) is -3.63. The molecule has 0 bridgehead atoms. The molecular weight excluding hydrogens is 482 g/mol. The monoisotopic (exact) mass is 507 g/mol. The molecule has 4 heterocycles. The number of rotatable bonds is 7. The van der Waals surface area contributed by atoms with E-state index in [1.165, 1.54) is 15.6 Å². The van der Waals surface area contributed by atoms with Gasteiger partial charge in [-0.15, -0.1) is 11.3 Å². The normalized spacial score (nSPS) is 16.4. The molecule has 1 fully saturated rings. The van der Waals surface area contributed by atoms with Gasteiger partial charge in [0, 0.05) is 37.1 Å². The molecule has 8 nitrogen and oxygen atoms in total. The van der Waals surface area contributed by atoms with Gasteiger partial charge in [0.25, 0.3) is 5.91 Å². The highest BCUT2D eigenvalue weighted by atomic mass is 32.2. The lowest BCUT2D eigenvalue weighted by molar-refractivity contribution is 0.101. The quantitative estimate of drug-likeness (QED) is 0.398. The second-order valence-corrected chi connectivity index (χ2v) is 11.2. The number of nitrogens with zero attached hydrogens (tertiary/aromatic N) is 4. The highest BCUT2D eigenvalue weighted by molar-refractivity contribution is 7.89. The van der Waals surface area contributed by atoms with Crippen LogP contribution in [0.4, 0.5) is 5.13 Å². The van der Waals surface area contributed by atoms with Gasteiger partial charge in [-0.2, -0.15) is 4.31 Å². The van der Waals surface area contributed by atoms with Crippen molar-refractivity contribution < 1.29 is 13.2 Å². The second-order valence-electron chi connectivity index (χ2n) is 8.50. The maximum Gasteiger partial charge on any atom is 0.274 e. The molecule has 0 unspecified atom stereocenters. The molecule has 1 saturated heterocycles. The molecule has 0 radical (unpaired) electrons. The minimum Gasteiger partial charge on any atom is -0.339 e. The Morgan fingerprint density at radius 2 is 1.91 bits per heavy atom. The molecule has 0 saturated carbocycles. The molecule has 10 heteroatoms. The third-order valence-electron chi connectivity index (χ3n) is 6.08. The Morgan fingerprint density at radius 3 is 2.69 bits per heavy atom. The largest absolute Gasteiger partial charge is 0.339 e. The van der Waals surface area contributed by atoms with Crippen molar-refractivity contribution in [1.29, 1.82) is 0 Å². The average molecular weight is 508 g/mol. The van der Waals surface area contributed by atoms with Crippen molar-refractivity contribution in [3.63, 3.8) is 0 Å². The van der Waals surface area contributed by atoms with Gasteiger partial charge >= 0.3 is 0 Å². The number of carbonyl (C=O) groups is 1. The van der Waals surface area contributed by atoms with E-state index in [9.17, 15) is 13.2 Å². The molecule has 1 aliphatic heterocycles. The predicted octanol–water partition coefficient (Wildman–Crippen LogP) is 4.47. The van der Waals surface area contributed by atoms with Gasteiger partial charge in [-0.1, -0.05) is 17.7 Å². The minimum atomic E-state index is -3.63. The van der Waals surface area contributed by atoms with Crippen molar-refractivity contribution in [2.45, 2.75) is 37.2 Å². The summed E-state index contributed by atoms with van der Waals surface area (Å²) in [5.74, 6) is -0.263. The highest BCUT2D eigenvalue weighted by Crippen LogP contribution is 2.37. The molecule has 4 aromatic rings. The van der Waals surface area contributed by atoms with E-state index in [4.69, 9.17) is 0 Å². The lowest BCUT2D eigenvalue weighted by Crippen LogP contribution is -2.30. The molecule has 0 aliphatic carbocycles. The molecule has 1 atom stereocenters. The topological polar surface area (TPSA) is 97.2 Å². The molecule has 5 rings (SSSR count). The first-order valence-electron chi connectivity index (χ1n) is 11.3. The van der Waals surface area contributed by atoms with E-state index in [1.54, 1.807) is 42.7 Å². The molecule has 1 amide bonds. The van der Waals surface area contributed by atoms with Crippen molar-refractivity contribution in [3.05, 3.63) is 95.0 Å². The van der Waals surface area contributed by atoms with Crippen LogP contribution in [0, 0.1) is 6.92 Å². The second kappa shape index (κ2) is 9.73. The number of carbonyl (C=O) groups excluding carboxylic acids is 1. The summed E-state index contributed by atoms with van der Waals surface area (Å²) < 4.78 is 30.0. The molecule has 1 aliphatic rings. The third kappa shape index (κ3) is 4.90. The van der Waals surface area contributed by atoms with Crippen molar-refractivity contribution in [1.82, 2.24) is 18.8 Å². The zero-order valence-corrected chi connectivity index (χ0v) is 20.8. The number of amides is 1. The fraction of sp³-hybridized carbons (Fsp3) is 0.240. The third-order valence-corrected chi connectivity index (χ3v) is 8.78. The number of aryl methyl sites for hydroxylation is 1. The summed E-state index contributed by atoms with van der Waals surface area (Å²) in [6.07, 6.45) is 6.76. The van der Waals surface area contributed by atoms with Gasteiger partial charge in [0.1, 0.15) is 5.69 Å². The Bertz CT molecular complexity index is 1430.